The van der Waals surface area contributed by atoms with Crippen LogP contribution in [0.5, 0.6) is 0 Å². The lowest BCUT2D eigenvalue weighted by molar-refractivity contribution is -0.144. The summed E-state index contributed by atoms with van der Waals surface area (Å²) in [5, 5.41) is 3.29. The lowest BCUT2D eigenvalue weighted by atomic mass is 9.83. The van der Waals surface area contributed by atoms with Crippen LogP contribution in [0.25, 0.3) is 0 Å². The van der Waals surface area contributed by atoms with E-state index in [9.17, 15) is 4.79 Å². The molecule has 1 saturated carbocycles. The van der Waals surface area contributed by atoms with Gasteiger partial charge in [-0.05, 0) is 25.3 Å². The first-order valence-electron chi connectivity index (χ1n) is 6.57. The van der Waals surface area contributed by atoms with E-state index in [1.165, 1.54) is 19.3 Å². The molecule has 0 radical (unpaired) electrons. The fourth-order valence-corrected chi connectivity index (χ4v) is 1.82. The van der Waals surface area contributed by atoms with E-state index in [1.54, 1.807) is 0 Å². The maximum atomic E-state index is 11.3. The molecule has 0 saturated heterocycles. The van der Waals surface area contributed by atoms with E-state index in [0.29, 0.717) is 19.1 Å². The van der Waals surface area contributed by atoms with Gasteiger partial charge >= 0.3 is 5.97 Å². The molecule has 0 bridgehead atoms. The van der Waals surface area contributed by atoms with Crippen molar-refractivity contribution in [3.8, 4) is 0 Å². The molecule has 0 aromatic rings. The first kappa shape index (κ1) is 13.5. The van der Waals surface area contributed by atoms with Gasteiger partial charge in [0.25, 0.3) is 0 Å². The van der Waals surface area contributed by atoms with Crippen LogP contribution >= 0.6 is 0 Å². The van der Waals surface area contributed by atoms with E-state index >= 15 is 0 Å². The number of hydrogen-bond donors (Lipinski definition) is 1. The number of esters is 1. The summed E-state index contributed by atoms with van der Waals surface area (Å²) in [4.78, 5) is 11.3. The summed E-state index contributed by atoms with van der Waals surface area (Å²) in [6.45, 7) is 5.74. The highest BCUT2D eigenvalue weighted by atomic mass is 16.5. The molecule has 1 N–H and O–H groups in total. The topological polar surface area (TPSA) is 38.3 Å². The lowest BCUT2D eigenvalue weighted by Crippen LogP contribution is -2.24. The van der Waals surface area contributed by atoms with Crippen LogP contribution in [0.15, 0.2) is 0 Å². The third-order valence-corrected chi connectivity index (χ3v) is 3.12. The van der Waals surface area contributed by atoms with Gasteiger partial charge in [0, 0.05) is 12.5 Å². The number of carbonyl (C=O) groups is 1. The van der Waals surface area contributed by atoms with Gasteiger partial charge in [-0.1, -0.05) is 33.1 Å². The van der Waals surface area contributed by atoms with Crippen LogP contribution in [0.3, 0.4) is 0 Å². The second-order valence-electron chi connectivity index (χ2n) is 5.02. The van der Waals surface area contributed by atoms with Crippen molar-refractivity contribution < 1.29 is 9.53 Å². The van der Waals surface area contributed by atoms with E-state index in [2.05, 4.69) is 19.2 Å². The van der Waals surface area contributed by atoms with Gasteiger partial charge in [-0.2, -0.15) is 0 Å². The van der Waals surface area contributed by atoms with Crippen molar-refractivity contribution in [1.82, 2.24) is 5.32 Å². The van der Waals surface area contributed by atoms with Gasteiger partial charge in [0.15, 0.2) is 0 Å². The minimum absolute atomic E-state index is 0.0371. The quantitative estimate of drug-likeness (QED) is 0.511. The highest BCUT2D eigenvalue weighted by Crippen LogP contribution is 2.29. The summed E-state index contributed by atoms with van der Waals surface area (Å²) in [6.07, 6.45) is 6.51. The third kappa shape index (κ3) is 6.11. The van der Waals surface area contributed by atoms with Crippen LogP contribution in [-0.2, 0) is 9.53 Å². The van der Waals surface area contributed by atoms with Crippen molar-refractivity contribution in [2.75, 3.05) is 13.2 Å². The molecule has 3 nitrogen and oxygen atoms in total. The molecule has 1 aliphatic carbocycles. The summed E-state index contributed by atoms with van der Waals surface area (Å²) >= 11 is 0. The Balaban J connectivity index is 1.86. The monoisotopic (exact) mass is 227 g/mol. The third-order valence-electron chi connectivity index (χ3n) is 3.12. The number of ether oxygens (including phenoxy) is 1. The summed E-state index contributed by atoms with van der Waals surface area (Å²) in [5.41, 5.74) is 0. The molecular formula is C13H25NO2. The molecule has 1 fully saturated rings. The molecule has 0 aliphatic heterocycles. The lowest BCUT2D eigenvalue weighted by Gasteiger charge is -2.24. The Kier molecular flexibility index (Phi) is 6.46. The van der Waals surface area contributed by atoms with Crippen LogP contribution in [0.4, 0.5) is 0 Å². The van der Waals surface area contributed by atoms with Crippen LogP contribution < -0.4 is 5.32 Å². The smallest absolute Gasteiger partial charge is 0.305 e. The first-order valence-corrected chi connectivity index (χ1v) is 6.57. The molecule has 0 atom stereocenters. The Bertz CT molecular complexity index is 200. The van der Waals surface area contributed by atoms with Crippen molar-refractivity contribution >= 4 is 5.97 Å². The minimum Gasteiger partial charge on any atom is -0.466 e. The van der Waals surface area contributed by atoms with Crippen molar-refractivity contribution in [3.63, 3.8) is 0 Å². The zero-order chi connectivity index (χ0) is 11.8. The van der Waals surface area contributed by atoms with E-state index < -0.39 is 0 Å². The van der Waals surface area contributed by atoms with Gasteiger partial charge < -0.3 is 10.1 Å². The molecule has 0 unspecified atom stereocenters. The van der Waals surface area contributed by atoms with Gasteiger partial charge in [0.2, 0.25) is 0 Å². The second kappa shape index (κ2) is 7.66. The minimum atomic E-state index is -0.0371. The largest absolute Gasteiger partial charge is 0.466 e. The average Bonchev–Trinajstić information content (AvgIpc) is 2.16. The molecule has 0 aromatic heterocycles. The van der Waals surface area contributed by atoms with Gasteiger partial charge in [0.1, 0.15) is 0 Å². The van der Waals surface area contributed by atoms with Crippen LogP contribution in [-0.4, -0.2) is 25.2 Å². The summed E-state index contributed by atoms with van der Waals surface area (Å²) < 4.78 is 5.19. The number of hydrogen-bond acceptors (Lipinski definition) is 3. The maximum absolute atomic E-state index is 11.3. The molecule has 0 heterocycles. The summed E-state index contributed by atoms with van der Waals surface area (Å²) in [6, 6.07) is 0.495. The van der Waals surface area contributed by atoms with Crippen molar-refractivity contribution in [2.45, 2.75) is 58.4 Å². The highest BCUT2D eigenvalue weighted by molar-refractivity contribution is 5.69. The van der Waals surface area contributed by atoms with Gasteiger partial charge in [-0.15, -0.1) is 0 Å². The van der Waals surface area contributed by atoms with Crippen LogP contribution in [0, 0.1) is 5.92 Å². The number of nitrogens with one attached hydrogen (secondary N) is 1. The van der Waals surface area contributed by atoms with E-state index in [4.69, 9.17) is 4.74 Å². The normalized spacial score (nSPS) is 16.2. The van der Waals surface area contributed by atoms with Crippen molar-refractivity contribution in [2.24, 2.45) is 5.92 Å². The SMILES string of the molecule is CC(C)NCCCC(=O)OCCC1CCC1. The Labute approximate surface area is 98.9 Å². The predicted octanol–water partition coefficient (Wildman–Crippen LogP) is 2.50. The highest BCUT2D eigenvalue weighted by Gasteiger charge is 2.17. The molecular weight excluding hydrogens is 202 g/mol. The van der Waals surface area contributed by atoms with E-state index in [-0.39, 0.29) is 5.97 Å². The van der Waals surface area contributed by atoms with E-state index in [1.807, 2.05) is 0 Å². The molecule has 0 aromatic carbocycles. The molecule has 94 valence electrons. The molecule has 0 amide bonds. The Hall–Kier alpha value is -0.570. The fraction of sp³-hybridized carbons (Fsp3) is 0.923. The van der Waals surface area contributed by atoms with Crippen LogP contribution in [0.1, 0.15) is 52.4 Å². The Morgan fingerprint density at radius 1 is 1.44 bits per heavy atom. The van der Waals surface area contributed by atoms with E-state index in [0.717, 1.165) is 25.3 Å². The Morgan fingerprint density at radius 2 is 2.19 bits per heavy atom. The molecule has 3 heteroatoms. The molecule has 0 spiro atoms. The van der Waals surface area contributed by atoms with Gasteiger partial charge in [-0.3, -0.25) is 4.79 Å². The first-order chi connectivity index (χ1) is 7.68. The average molecular weight is 227 g/mol. The zero-order valence-electron chi connectivity index (χ0n) is 10.6. The molecule has 1 rings (SSSR count). The van der Waals surface area contributed by atoms with Crippen molar-refractivity contribution in [3.05, 3.63) is 0 Å². The van der Waals surface area contributed by atoms with Crippen LogP contribution in [0.2, 0.25) is 0 Å². The summed E-state index contributed by atoms with van der Waals surface area (Å²) in [7, 11) is 0. The van der Waals surface area contributed by atoms with Crippen molar-refractivity contribution in [1.29, 1.82) is 0 Å². The second-order valence-corrected chi connectivity index (χ2v) is 5.02. The zero-order valence-corrected chi connectivity index (χ0v) is 10.6. The fourth-order valence-electron chi connectivity index (χ4n) is 1.82. The maximum Gasteiger partial charge on any atom is 0.305 e. The number of carbonyl (C=O) groups excluding carboxylic acids is 1. The predicted molar refractivity (Wildman–Crippen MR) is 65.3 cm³/mol. The number of rotatable bonds is 8. The van der Waals surface area contributed by atoms with Gasteiger partial charge in [-0.25, -0.2) is 0 Å². The standard InChI is InChI=1S/C13H25NO2/c1-11(2)14-9-4-7-13(15)16-10-8-12-5-3-6-12/h11-12,14H,3-10H2,1-2H3. The summed E-state index contributed by atoms with van der Waals surface area (Å²) in [5.74, 6) is 0.792. The Morgan fingerprint density at radius 3 is 2.75 bits per heavy atom. The van der Waals surface area contributed by atoms with Gasteiger partial charge in [0.05, 0.1) is 6.61 Å². The molecule has 1 aliphatic rings. The molecule has 16 heavy (non-hydrogen) atoms.